The molecule has 0 unspecified atom stereocenters. The van der Waals surface area contributed by atoms with Crippen LogP contribution in [0.1, 0.15) is 20.3 Å². The third-order valence-electron chi connectivity index (χ3n) is 1.38. The van der Waals surface area contributed by atoms with E-state index in [2.05, 4.69) is 32.4 Å². The van der Waals surface area contributed by atoms with E-state index in [0.717, 1.165) is 6.42 Å². The van der Waals surface area contributed by atoms with E-state index in [0.29, 0.717) is 0 Å². The topological polar surface area (TPSA) is 0 Å². The average molecular weight is 107 g/mol. The molecule has 0 amide bonds. The summed E-state index contributed by atoms with van der Waals surface area (Å²) in [6.45, 7) is 4.28. The van der Waals surface area contributed by atoms with Crippen LogP contribution in [0.4, 0.5) is 0 Å². The second-order valence-electron chi connectivity index (χ2n) is 2.33. The van der Waals surface area contributed by atoms with E-state index < -0.39 is 0 Å². The first kappa shape index (κ1) is 5.49. The zero-order valence-electron chi connectivity index (χ0n) is 5.44. The van der Waals surface area contributed by atoms with Crippen LogP contribution in [0.5, 0.6) is 0 Å². The summed E-state index contributed by atoms with van der Waals surface area (Å²) in [5, 5.41) is 0. The predicted molar refractivity (Wildman–Crippen MR) is 36.4 cm³/mol. The van der Waals surface area contributed by atoms with E-state index in [1.54, 1.807) is 0 Å². The highest BCUT2D eigenvalue weighted by molar-refractivity contribution is 5.28. The molecular formula is C8H11+. The van der Waals surface area contributed by atoms with Gasteiger partial charge in [0.05, 0.1) is 12.0 Å². The Morgan fingerprint density at radius 2 is 2.25 bits per heavy atom. The number of hydrogen-bond donors (Lipinski definition) is 0. The summed E-state index contributed by atoms with van der Waals surface area (Å²) in [6.07, 6.45) is 7.71. The molecule has 1 rings (SSSR count). The van der Waals surface area contributed by atoms with E-state index >= 15 is 0 Å². The molecule has 0 spiro atoms. The average Bonchev–Trinajstić information content (AvgIpc) is 1.77. The van der Waals surface area contributed by atoms with Crippen molar-refractivity contribution in [2.24, 2.45) is 0 Å². The molecule has 8 heavy (non-hydrogen) atoms. The van der Waals surface area contributed by atoms with Crippen LogP contribution in [0.3, 0.4) is 0 Å². The first-order chi connectivity index (χ1) is 3.79. The third-order valence-corrected chi connectivity index (χ3v) is 1.38. The second-order valence-corrected chi connectivity index (χ2v) is 2.33. The van der Waals surface area contributed by atoms with Crippen molar-refractivity contribution >= 4 is 0 Å². The molecule has 0 heterocycles. The predicted octanol–water partition coefficient (Wildman–Crippen LogP) is 2.49. The molecular weight excluding hydrogens is 96.1 g/mol. The highest BCUT2D eigenvalue weighted by Gasteiger charge is 2.03. The lowest BCUT2D eigenvalue weighted by Gasteiger charge is -1.95. The number of hydrogen-bond acceptors (Lipinski definition) is 0. The van der Waals surface area contributed by atoms with E-state index in [9.17, 15) is 0 Å². The zero-order valence-corrected chi connectivity index (χ0v) is 5.44. The molecule has 0 atom stereocenters. The van der Waals surface area contributed by atoms with Crippen molar-refractivity contribution in [2.45, 2.75) is 20.3 Å². The third kappa shape index (κ3) is 1.16. The summed E-state index contributed by atoms with van der Waals surface area (Å²) >= 11 is 0. The van der Waals surface area contributed by atoms with Gasteiger partial charge in [-0.25, -0.2) is 0 Å². The van der Waals surface area contributed by atoms with Crippen LogP contribution in [-0.2, 0) is 0 Å². The molecule has 0 nitrogen and oxygen atoms in total. The summed E-state index contributed by atoms with van der Waals surface area (Å²) in [5.74, 6) is 0. The summed E-state index contributed by atoms with van der Waals surface area (Å²) in [5.41, 5.74) is 2.84. The normalized spacial score (nSPS) is 18.8. The molecule has 0 aromatic heterocycles. The first-order valence-electron chi connectivity index (χ1n) is 2.96. The molecule has 1 aliphatic carbocycles. The van der Waals surface area contributed by atoms with Crippen LogP contribution in [-0.4, -0.2) is 0 Å². The van der Waals surface area contributed by atoms with Gasteiger partial charge in [0.15, 0.2) is 0 Å². The van der Waals surface area contributed by atoms with E-state index in [1.807, 2.05) is 0 Å². The van der Waals surface area contributed by atoms with Gasteiger partial charge in [-0.15, -0.1) is 0 Å². The van der Waals surface area contributed by atoms with Gasteiger partial charge in [-0.2, -0.15) is 0 Å². The number of rotatable bonds is 0. The molecule has 1 aliphatic rings. The van der Waals surface area contributed by atoms with E-state index in [1.165, 1.54) is 11.1 Å². The maximum absolute atomic E-state index is 2.25. The van der Waals surface area contributed by atoms with Crippen LogP contribution >= 0.6 is 0 Å². The monoisotopic (exact) mass is 107 g/mol. The molecule has 0 saturated heterocycles. The Balaban J connectivity index is 2.54. The minimum absolute atomic E-state index is 1.14. The molecule has 0 aliphatic heterocycles. The Hall–Kier alpha value is -0.650. The van der Waals surface area contributed by atoms with Gasteiger partial charge in [-0.1, -0.05) is 0 Å². The maximum Gasteiger partial charge on any atom is 0.0748 e. The van der Waals surface area contributed by atoms with Crippen molar-refractivity contribution in [3.05, 3.63) is 29.7 Å². The smallest absolute Gasteiger partial charge is 0.0148 e. The quantitative estimate of drug-likeness (QED) is 0.417. The SMILES string of the molecule is CC1=CCC(C)=C[CH+]1. The number of allylic oxidation sites excluding steroid dienone is 4. The van der Waals surface area contributed by atoms with Crippen molar-refractivity contribution in [1.29, 1.82) is 0 Å². The van der Waals surface area contributed by atoms with Crippen LogP contribution < -0.4 is 0 Å². The van der Waals surface area contributed by atoms with Gasteiger partial charge in [-0.3, -0.25) is 0 Å². The molecule has 0 bridgehead atoms. The van der Waals surface area contributed by atoms with Crippen LogP contribution in [0.2, 0.25) is 0 Å². The highest BCUT2D eigenvalue weighted by atomic mass is 14.0. The van der Waals surface area contributed by atoms with Gasteiger partial charge < -0.3 is 0 Å². The Kier molecular flexibility index (Phi) is 1.43. The van der Waals surface area contributed by atoms with Gasteiger partial charge in [-0.05, 0) is 6.92 Å². The molecule has 0 aromatic carbocycles. The zero-order chi connectivity index (χ0) is 5.98. The highest BCUT2D eigenvalue weighted by Crippen LogP contribution is 2.14. The Morgan fingerprint density at radius 1 is 1.50 bits per heavy atom. The van der Waals surface area contributed by atoms with Crippen molar-refractivity contribution in [3.63, 3.8) is 0 Å². The van der Waals surface area contributed by atoms with Crippen LogP contribution in [0.25, 0.3) is 0 Å². The van der Waals surface area contributed by atoms with Gasteiger partial charge in [0.1, 0.15) is 0 Å². The molecule has 0 N–H and O–H groups in total. The minimum Gasteiger partial charge on any atom is -0.0148 e. The second kappa shape index (κ2) is 2.08. The molecule has 42 valence electrons. The Bertz CT molecular complexity index is 120. The fraction of sp³-hybridized carbons (Fsp3) is 0.375. The van der Waals surface area contributed by atoms with Gasteiger partial charge in [0, 0.05) is 31.1 Å². The molecule has 0 saturated carbocycles. The van der Waals surface area contributed by atoms with Crippen molar-refractivity contribution in [1.82, 2.24) is 0 Å². The van der Waals surface area contributed by atoms with Crippen molar-refractivity contribution in [3.8, 4) is 0 Å². The Labute approximate surface area is 50.9 Å². The molecule has 0 heteroatoms. The lowest BCUT2D eigenvalue weighted by Crippen LogP contribution is -1.85. The minimum atomic E-state index is 1.14. The van der Waals surface area contributed by atoms with E-state index in [4.69, 9.17) is 0 Å². The fourth-order valence-electron chi connectivity index (χ4n) is 0.732. The van der Waals surface area contributed by atoms with Crippen LogP contribution in [0, 0.1) is 6.42 Å². The fourth-order valence-corrected chi connectivity index (χ4v) is 0.732. The summed E-state index contributed by atoms with van der Waals surface area (Å²) in [6, 6.07) is 0. The molecule has 0 radical (unpaired) electrons. The van der Waals surface area contributed by atoms with Crippen molar-refractivity contribution < 1.29 is 0 Å². The first-order valence-corrected chi connectivity index (χ1v) is 2.96. The summed E-state index contributed by atoms with van der Waals surface area (Å²) in [4.78, 5) is 0. The van der Waals surface area contributed by atoms with Gasteiger partial charge in [0.2, 0.25) is 0 Å². The summed E-state index contributed by atoms with van der Waals surface area (Å²) in [7, 11) is 0. The Morgan fingerprint density at radius 3 is 2.62 bits per heavy atom. The van der Waals surface area contributed by atoms with Crippen molar-refractivity contribution in [2.75, 3.05) is 0 Å². The molecule has 0 fully saturated rings. The van der Waals surface area contributed by atoms with Gasteiger partial charge in [0.25, 0.3) is 0 Å². The molecule has 0 aromatic rings. The van der Waals surface area contributed by atoms with E-state index in [-0.39, 0.29) is 0 Å². The lowest BCUT2D eigenvalue weighted by atomic mass is 10.0. The maximum atomic E-state index is 2.25. The standard InChI is InChI=1S/C8H11/c1-7-3-5-8(2)6-4-7/h3-5H,6H2,1-2H3/q+1. The lowest BCUT2D eigenvalue weighted by molar-refractivity contribution is 1.14. The largest absolute Gasteiger partial charge is 0.0748 e. The summed E-state index contributed by atoms with van der Waals surface area (Å²) < 4.78 is 0. The van der Waals surface area contributed by atoms with Crippen LogP contribution in [0.15, 0.2) is 23.3 Å². The van der Waals surface area contributed by atoms with Gasteiger partial charge >= 0.3 is 0 Å².